The Labute approximate surface area is 219 Å². The summed E-state index contributed by atoms with van der Waals surface area (Å²) in [7, 11) is 0. The molecular formula is C29H23ClN2O3S. The van der Waals surface area contributed by atoms with E-state index in [0.29, 0.717) is 22.2 Å². The van der Waals surface area contributed by atoms with Gasteiger partial charge in [0.15, 0.2) is 0 Å². The van der Waals surface area contributed by atoms with Crippen molar-refractivity contribution in [3.05, 3.63) is 117 Å². The number of para-hydroxylation sites is 1. The molecule has 0 saturated carbocycles. The van der Waals surface area contributed by atoms with Gasteiger partial charge in [-0.05, 0) is 97.4 Å². The first-order valence-corrected chi connectivity index (χ1v) is 12.6. The molecule has 0 unspecified atom stereocenters. The number of nitrogens with zero attached hydrogens (tertiary/aromatic N) is 2. The lowest BCUT2D eigenvalue weighted by Crippen LogP contribution is -2.27. The van der Waals surface area contributed by atoms with Gasteiger partial charge in [0.25, 0.3) is 11.1 Å². The monoisotopic (exact) mass is 514 g/mol. The fourth-order valence-corrected chi connectivity index (χ4v) is 5.14. The second kappa shape index (κ2) is 10.1. The lowest BCUT2D eigenvalue weighted by atomic mass is 10.2. The van der Waals surface area contributed by atoms with Crippen LogP contribution in [0, 0.1) is 13.8 Å². The van der Waals surface area contributed by atoms with Gasteiger partial charge in [-0.25, -0.2) is 4.90 Å². The molecule has 0 bridgehead atoms. The van der Waals surface area contributed by atoms with Crippen molar-refractivity contribution in [2.45, 2.75) is 20.5 Å². The normalized spacial score (nSPS) is 14.6. The number of thioether (sulfide) groups is 1. The number of amides is 2. The van der Waals surface area contributed by atoms with Gasteiger partial charge in [-0.3, -0.25) is 9.59 Å². The van der Waals surface area contributed by atoms with Gasteiger partial charge in [0.05, 0.1) is 10.6 Å². The van der Waals surface area contributed by atoms with Gasteiger partial charge in [0.2, 0.25) is 0 Å². The molecule has 36 heavy (non-hydrogen) atoms. The molecule has 1 aliphatic heterocycles. The number of imide groups is 1. The molecule has 3 aromatic carbocycles. The minimum absolute atomic E-state index is 0.291. The first-order valence-electron chi connectivity index (χ1n) is 11.4. The van der Waals surface area contributed by atoms with E-state index in [9.17, 15) is 9.59 Å². The van der Waals surface area contributed by atoms with Gasteiger partial charge >= 0.3 is 0 Å². The third kappa shape index (κ3) is 4.83. The number of halogens is 1. The summed E-state index contributed by atoms with van der Waals surface area (Å²) in [6.45, 7) is 4.48. The number of rotatable bonds is 6. The highest BCUT2D eigenvalue weighted by molar-refractivity contribution is 8.19. The van der Waals surface area contributed by atoms with Crippen LogP contribution >= 0.6 is 23.4 Å². The molecule has 5 nitrogen and oxygen atoms in total. The Morgan fingerprint density at radius 3 is 2.28 bits per heavy atom. The lowest BCUT2D eigenvalue weighted by Gasteiger charge is -2.12. The molecule has 2 amide bonds. The van der Waals surface area contributed by atoms with Crippen molar-refractivity contribution < 1.29 is 14.3 Å². The van der Waals surface area contributed by atoms with Crippen LogP contribution in [0.5, 0.6) is 5.75 Å². The molecule has 1 aliphatic rings. The van der Waals surface area contributed by atoms with Crippen LogP contribution in [0.15, 0.2) is 89.8 Å². The van der Waals surface area contributed by atoms with E-state index < -0.39 is 0 Å². The topological polar surface area (TPSA) is 51.5 Å². The highest BCUT2D eigenvalue weighted by Gasteiger charge is 2.36. The zero-order valence-electron chi connectivity index (χ0n) is 19.8. The van der Waals surface area contributed by atoms with E-state index in [1.807, 2.05) is 86.6 Å². The smallest absolute Gasteiger partial charge is 0.298 e. The number of carbonyl (C=O) groups is 2. The fourth-order valence-electron chi connectivity index (χ4n) is 4.18. The number of anilines is 1. The van der Waals surface area contributed by atoms with Crippen LogP contribution in [-0.2, 0) is 11.4 Å². The molecule has 0 radical (unpaired) electrons. The van der Waals surface area contributed by atoms with Gasteiger partial charge in [0.1, 0.15) is 12.4 Å². The summed E-state index contributed by atoms with van der Waals surface area (Å²) in [5.41, 5.74) is 5.51. The van der Waals surface area contributed by atoms with Crippen LogP contribution in [-0.4, -0.2) is 15.7 Å². The van der Waals surface area contributed by atoms with E-state index in [2.05, 4.69) is 4.57 Å². The molecule has 0 spiro atoms. The molecule has 4 aromatic rings. The Balaban J connectivity index is 1.35. The summed E-state index contributed by atoms with van der Waals surface area (Å²) < 4.78 is 8.03. The summed E-state index contributed by atoms with van der Waals surface area (Å²) in [5.74, 6) is 0.467. The van der Waals surface area contributed by atoms with Crippen molar-refractivity contribution in [3.63, 3.8) is 0 Å². The van der Waals surface area contributed by atoms with Crippen molar-refractivity contribution >= 4 is 46.3 Å². The van der Waals surface area contributed by atoms with Gasteiger partial charge in [-0.2, -0.15) is 0 Å². The van der Waals surface area contributed by atoms with Crippen molar-refractivity contribution in [1.29, 1.82) is 0 Å². The summed E-state index contributed by atoms with van der Waals surface area (Å²) in [5, 5.41) is 0.409. The molecule has 1 fully saturated rings. The van der Waals surface area contributed by atoms with Crippen molar-refractivity contribution in [2.75, 3.05) is 4.90 Å². The maximum absolute atomic E-state index is 13.0. The first-order chi connectivity index (χ1) is 17.4. The van der Waals surface area contributed by atoms with Gasteiger partial charge < -0.3 is 9.30 Å². The Kier molecular flexibility index (Phi) is 6.72. The van der Waals surface area contributed by atoms with Crippen molar-refractivity contribution in [1.82, 2.24) is 4.57 Å². The van der Waals surface area contributed by atoms with Gasteiger partial charge in [0, 0.05) is 22.1 Å². The molecule has 0 aliphatic carbocycles. The molecule has 5 rings (SSSR count). The average Bonchev–Trinajstić information content (AvgIpc) is 3.32. The minimum atomic E-state index is -0.303. The Bertz CT molecular complexity index is 1460. The Morgan fingerprint density at radius 1 is 0.889 bits per heavy atom. The quantitative estimate of drug-likeness (QED) is 0.249. The second-order valence-electron chi connectivity index (χ2n) is 8.42. The summed E-state index contributed by atoms with van der Waals surface area (Å²) in [4.78, 5) is 27.2. The predicted molar refractivity (Wildman–Crippen MR) is 146 cm³/mol. The van der Waals surface area contributed by atoms with E-state index >= 15 is 0 Å². The summed E-state index contributed by atoms with van der Waals surface area (Å²) >= 11 is 6.91. The highest BCUT2D eigenvalue weighted by atomic mass is 35.5. The van der Waals surface area contributed by atoms with Crippen LogP contribution in [0.25, 0.3) is 11.8 Å². The number of ether oxygens (including phenoxy) is 1. The molecule has 180 valence electrons. The fraction of sp³-hybridized carbons (Fsp3) is 0.103. The van der Waals surface area contributed by atoms with E-state index in [1.54, 1.807) is 18.2 Å². The summed E-state index contributed by atoms with van der Waals surface area (Å²) in [6.07, 6.45) is 1.80. The van der Waals surface area contributed by atoms with Gasteiger partial charge in [-0.1, -0.05) is 41.9 Å². The van der Waals surface area contributed by atoms with Crippen LogP contribution in [0.4, 0.5) is 10.5 Å². The summed E-state index contributed by atoms with van der Waals surface area (Å²) in [6, 6.07) is 26.5. The molecule has 0 N–H and O–H groups in total. The molecular weight excluding hydrogens is 492 g/mol. The van der Waals surface area contributed by atoms with Crippen molar-refractivity contribution in [3.8, 4) is 11.4 Å². The second-order valence-corrected chi connectivity index (χ2v) is 9.85. The molecule has 1 saturated heterocycles. The maximum atomic E-state index is 13.0. The van der Waals surface area contributed by atoms with E-state index in [1.165, 1.54) is 4.90 Å². The maximum Gasteiger partial charge on any atom is 0.298 e. The van der Waals surface area contributed by atoms with Gasteiger partial charge in [-0.15, -0.1) is 0 Å². The number of carbonyl (C=O) groups excluding carboxylic acids is 2. The standard InChI is InChI=1S/C29H23ClN2O3S/c1-19-16-22(17-27-28(33)32(29(34)36-27)24-6-4-3-5-7-24)20(2)31(19)25-12-14-26(15-13-25)35-18-21-8-10-23(30)11-9-21/h3-17H,18H2,1-2H3/b27-17-. The zero-order valence-corrected chi connectivity index (χ0v) is 21.3. The number of aromatic nitrogens is 1. The van der Waals surface area contributed by atoms with Crippen LogP contribution < -0.4 is 9.64 Å². The van der Waals surface area contributed by atoms with E-state index in [-0.39, 0.29) is 11.1 Å². The number of benzene rings is 3. The van der Waals surface area contributed by atoms with Crippen LogP contribution in [0.3, 0.4) is 0 Å². The lowest BCUT2D eigenvalue weighted by molar-refractivity contribution is -0.113. The van der Waals surface area contributed by atoms with Crippen LogP contribution in [0.2, 0.25) is 5.02 Å². The SMILES string of the molecule is Cc1cc(/C=C2\SC(=O)N(c3ccccc3)C2=O)c(C)n1-c1ccc(OCc2ccc(Cl)cc2)cc1. The third-order valence-corrected chi connectivity index (χ3v) is 7.10. The first kappa shape index (κ1) is 24.0. The molecule has 0 atom stereocenters. The highest BCUT2D eigenvalue weighted by Crippen LogP contribution is 2.36. The minimum Gasteiger partial charge on any atom is -0.489 e. The molecule has 1 aromatic heterocycles. The molecule has 7 heteroatoms. The number of hydrogen-bond acceptors (Lipinski definition) is 4. The Morgan fingerprint density at radius 2 is 1.58 bits per heavy atom. The Hall–Kier alpha value is -3.74. The zero-order chi connectivity index (χ0) is 25.2. The number of hydrogen-bond donors (Lipinski definition) is 0. The van der Waals surface area contributed by atoms with E-state index in [4.69, 9.17) is 16.3 Å². The third-order valence-electron chi connectivity index (χ3n) is 5.98. The largest absolute Gasteiger partial charge is 0.489 e. The molecule has 2 heterocycles. The van der Waals surface area contributed by atoms with E-state index in [0.717, 1.165) is 45.7 Å². The predicted octanol–water partition coefficient (Wildman–Crippen LogP) is 7.57. The number of aryl methyl sites for hydroxylation is 1. The average molecular weight is 515 g/mol. The van der Waals surface area contributed by atoms with Crippen molar-refractivity contribution in [2.24, 2.45) is 0 Å². The van der Waals surface area contributed by atoms with Crippen LogP contribution in [0.1, 0.15) is 22.5 Å².